The second-order valence-electron chi connectivity index (χ2n) is 6.77. The van der Waals surface area contributed by atoms with Gasteiger partial charge in [0.05, 0.1) is 7.11 Å². The zero-order chi connectivity index (χ0) is 20.9. The van der Waals surface area contributed by atoms with E-state index in [0.29, 0.717) is 24.6 Å². The Labute approximate surface area is 166 Å². The van der Waals surface area contributed by atoms with Crippen molar-refractivity contribution >= 4 is 17.6 Å². The molecule has 0 atom stereocenters. The zero-order valence-electron chi connectivity index (χ0n) is 17.0. The predicted octanol–water partition coefficient (Wildman–Crippen LogP) is 3.08. The van der Waals surface area contributed by atoms with Crippen LogP contribution in [-0.4, -0.2) is 24.7 Å². The molecule has 0 bridgehead atoms. The molecule has 154 valence electrons. The highest BCUT2D eigenvalue weighted by molar-refractivity contribution is 6.34. The molecule has 0 saturated heterocycles. The summed E-state index contributed by atoms with van der Waals surface area (Å²) in [4.78, 5) is 39.2. The van der Waals surface area contributed by atoms with E-state index in [1.54, 1.807) is 18.2 Å². The minimum absolute atomic E-state index is 0.000791. The van der Waals surface area contributed by atoms with E-state index in [2.05, 4.69) is 31.3 Å². The fraction of sp³-hybridized carbons (Fsp3) is 0.476. The summed E-state index contributed by atoms with van der Waals surface area (Å²) < 4.78 is 5.22. The van der Waals surface area contributed by atoms with Crippen molar-refractivity contribution in [2.45, 2.75) is 53.0 Å². The molecule has 0 aromatic heterocycles. The third-order valence-electron chi connectivity index (χ3n) is 3.84. The number of carbonyl (C=O) groups is 3. The van der Waals surface area contributed by atoms with Crippen LogP contribution in [0.5, 0.6) is 11.5 Å². The second-order valence-corrected chi connectivity index (χ2v) is 6.77. The Kier molecular flexibility index (Phi) is 10.4. The Morgan fingerprint density at radius 2 is 1.89 bits per heavy atom. The fourth-order valence-corrected chi connectivity index (χ4v) is 2.28. The summed E-state index contributed by atoms with van der Waals surface area (Å²) in [6.45, 7) is 5.78. The SMILES string of the molecule is COc1cc(CNC(=O)CCCC/C=C/C(C)C)ccc1ONC(=O)C(C)=O. The third-order valence-corrected chi connectivity index (χ3v) is 3.84. The second kappa shape index (κ2) is 12.5. The van der Waals surface area contributed by atoms with Crippen LogP contribution < -0.4 is 20.4 Å². The fourth-order valence-electron chi connectivity index (χ4n) is 2.28. The number of unbranched alkanes of at least 4 members (excludes halogenated alkanes) is 2. The highest BCUT2D eigenvalue weighted by Crippen LogP contribution is 2.27. The number of carbonyl (C=O) groups excluding carboxylic acids is 3. The molecule has 2 N–H and O–H groups in total. The van der Waals surface area contributed by atoms with Crippen molar-refractivity contribution in [2.75, 3.05) is 7.11 Å². The number of ether oxygens (including phenoxy) is 1. The average molecular weight is 390 g/mol. The summed E-state index contributed by atoms with van der Waals surface area (Å²) in [5, 5.41) is 2.88. The van der Waals surface area contributed by atoms with Gasteiger partial charge in [0, 0.05) is 19.9 Å². The van der Waals surface area contributed by atoms with Gasteiger partial charge < -0.3 is 14.9 Å². The highest BCUT2D eigenvalue weighted by atomic mass is 16.7. The molecule has 0 aliphatic heterocycles. The number of amides is 2. The van der Waals surface area contributed by atoms with Gasteiger partial charge in [-0.25, -0.2) is 0 Å². The summed E-state index contributed by atoms with van der Waals surface area (Å²) in [7, 11) is 1.46. The third kappa shape index (κ3) is 9.21. The lowest BCUT2D eigenvalue weighted by Crippen LogP contribution is -2.32. The van der Waals surface area contributed by atoms with Crippen molar-refractivity contribution in [3.05, 3.63) is 35.9 Å². The highest BCUT2D eigenvalue weighted by Gasteiger charge is 2.11. The lowest BCUT2D eigenvalue weighted by atomic mass is 10.1. The molecule has 7 nitrogen and oxygen atoms in total. The topological polar surface area (TPSA) is 93.7 Å². The zero-order valence-corrected chi connectivity index (χ0v) is 17.0. The normalized spacial score (nSPS) is 10.8. The van der Waals surface area contributed by atoms with E-state index in [-0.39, 0.29) is 11.7 Å². The number of Topliss-reactive ketones (excluding diaryl/α,β-unsaturated/α-hetero) is 1. The first-order chi connectivity index (χ1) is 13.3. The number of rotatable bonds is 12. The number of hydrogen-bond donors (Lipinski definition) is 2. The number of hydroxylamine groups is 1. The van der Waals surface area contributed by atoms with Crippen molar-refractivity contribution in [2.24, 2.45) is 5.92 Å². The maximum atomic E-state index is 12.0. The van der Waals surface area contributed by atoms with Crippen molar-refractivity contribution in [1.82, 2.24) is 10.8 Å². The van der Waals surface area contributed by atoms with Crippen LogP contribution in [0.2, 0.25) is 0 Å². The molecular formula is C21H30N2O5. The molecule has 0 unspecified atom stereocenters. The van der Waals surface area contributed by atoms with Gasteiger partial charge >= 0.3 is 5.91 Å². The maximum absolute atomic E-state index is 12.0. The Hall–Kier alpha value is -2.83. The minimum Gasteiger partial charge on any atom is -0.493 e. The van der Waals surface area contributed by atoms with Crippen LogP contribution in [0, 0.1) is 5.92 Å². The van der Waals surface area contributed by atoms with Crippen LogP contribution in [0.1, 0.15) is 52.0 Å². The molecule has 0 saturated carbocycles. The van der Waals surface area contributed by atoms with Crippen LogP contribution in [-0.2, 0) is 20.9 Å². The molecular weight excluding hydrogens is 360 g/mol. The standard InChI is InChI=1S/C21H30N2O5/c1-15(2)9-7-5-6-8-10-20(25)22-14-17-11-12-18(19(13-17)27-4)28-23-21(26)16(3)24/h7,9,11-13,15H,5-6,8,10,14H2,1-4H3,(H,22,25)(H,23,26)/b9-7+. The molecule has 7 heteroatoms. The molecule has 2 amide bonds. The number of methoxy groups -OCH3 is 1. The van der Waals surface area contributed by atoms with Crippen molar-refractivity contribution in [1.29, 1.82) is 0 Å². The van der Waals surface area contributed by atoms with Gasteiger partial charge in [0.25, 0.3) is 0 Å². The lowest BCUT2D eigenvalue weighted by Gasteiger charge is -2.12. The smallest absolute Gasteiger partial charge is 0.319 e. The van der Waals surface area contributed by atoms with Crippen LogP contribution in [0.3, 0.4) is 0 Å². The van der Waals surface area contributed by atoms with E-state index in [0.717, 1.165) is 31.7 Å². The maximum Gasteiger partial charge on any atom is 0.319 e. The molecule has 0 radical (unpaired) electrons. The van der Waals surface area contributed by atoms with Gasteiger partial charge in [0.1, 0.15) is 0 Å². The van der Waals surface area contributed by atoms with Crippen LogP contribution in [0.15, 0.2) is 30.4 Å². The van der Waals surface area contributed by atoms with Gasteiger partial charge in [0.2, 0.25) is 11.7 Å². The summed E-state index contributed by atoms with van der Waals surface area (Å²) >= 11 is 0. The number of ketones is 1. The van der Waals surface area contributed by atoms with Gasteiger partial charge in [-0.3, -0.25) is 14.4 Å². The Morgan fingerprint density at radius 3 is 2.54 bits per heavy atom. The monoisotopic (exact) mass is 390 g/mol. The summed E-state index contributed by atoms with van der Waals surface area (Å²) in [5.41, 5.74) is 2.87. The average Bonchev–Trinajstić information content (AvgIpc) is 2.66. The van der Waals surface area contributed by atoms with Crippen LogP contribution in [0.4, 0.5) is 0 Å². The van der Waals surface area contributed by atoms with E-state index < -0.39 is 11.7 Å². The van der Waals surface area contributed by atoms with Gasteiger partial charge in [-0.2, -0.15) is 5.48 Å². The van der Waals surface area contributed by atoms with Gasteiger partial charge in [0.15, 0.2) is 11.5 Å². The molecule has 0 heterocycles. The Morgan fingerprint density at radius 1 is 1.14 bits per heavy atom. The molecule has 28 heavy (non-hydrogen) atoms. The summed E-state index contributed by atoms with van der Waals surface area (Å²) in [6.07, 6.45) is 7.65. The van der Waals surface area contributed by atoms with E-state index in [4.69, 9.17) is 9.57 Å². The van der Waals surface area contributed by atoms with Gasteiger partial charge in [-0.05, 0) is 42.9 Å². The molecule has 0 spiro atoms. The number of nitrogens with one attached hydrogen (secondary N) is 2. The quantitative estimate of drug-likeness (QED) is 0.248. The van der Waals surface area contributed by atoms with Crippen LogP contribution >= 0.6 is 0 Å². The van der Waals surface area contributed by atoms with Crippen molar-refractivity contribution < 1.29 is 24.0 Å². The van der Waals surface area contributed by atoms with E-state index >= 15 is 0 Å². The largest absolute Gasteiger partial charge is 0.493 e. The number of benzene rings is 1. The van der Waals surface area contributed by atoms with Gasteiger partial charge in [-0.1, -0.05) is 32.1 Å². The van der Waals surface area contributed by atoms with Crippen LogP contribution in [0.25, 0.3) is 0 Å². The minimum atomic E-state index is -0.849. The summed E-state index contributed by atoms with van der Waals surface area (Å²) in [5.74, 6) is -0.301. The predicted molar refractivity (Wildman–Crippen MR) is 107 cm³/mol. The summed E-state index contributed by atoms with van der Waals surface area (Å²) in [6, 6.07) is 5.04. The first-order valence-electron chi connectivity index (χ1n) is 9.41. The van der Waals surface area contributed by atoms with Gasteiger partial charge in [-0.15, -0.1) is 0 Å². The van der Waals surface area contributed by atoms with Crippen molar-refractivity contribution in [3.63, 3.8) is 0 Å². The first kappa shape index (κ1) is 23.2. The number of allylic oxidation sites excluding steroid dienone is 2. The molecule has 1 aromatic rings. The molecule has 0 aliphatic carbocycles. The molecule has 1 rings (SSSR count). The lowest BCUT2D eigenvalue weighted by molar-refractivity contribution is -0.141. The van der Waals surface area contributed by atoms with E-state index in [1.165, 1.54) is 7.11 Å². The Bertz CT molecular complexity index is 698. The molecule has 0 fully saturated rings. The first-order valence-corrected chi connectivity index (χ1v) is 9.41. The Balaban J connectivity index is 2.42. The van der Waals surface area contributed by atoms with E-state index in [1.807, 2.05) is 5.48 Å². The van der Waals surface area contributed by atoms with E-state index in [9.17, 15) is 14.4 Å². The molecule has 1 aromatic carbocycles. The number of hydrogen-bond acceptors (Lipinski definition) is 5. The van der Waals surface area contributed by atoms with Crippen molar-refractivity contribution in [3.8, 4) is 11.5 Å². The molecule has 0 aliphatic rings.